The van der Waals surface area contributed by atoms with Crippen LogP contribution in [0.1, 0.15) is 36.7 Å². The van der Waals surface area contributed by atoms with Crippen molar-refractivity contribution in [2.75, 3.05) is 7.11 Å². The first-order chi connectivity index (χ1) is 16.3. The summed E-state index contributed by atoms with van der Waals surface area (Å²) in [6, 6.07) is 12.3. The number of halogens is 1. The van der Waals surface area contributed by atoms with Crippen LogP contribution < -0.4 is 16.6 Å². The van der Waals surface area contributed by atoms with Crippen LogP contribution in [0.15, 0.2) is 64.3 Å². The molecular formula is C24H20FN3O5S. The number of fused-ring (bicyclic) bond motifs is 1. The Hall–Kier alpha value is -4.05. The summed E-state index contributed by atoms with van der Waals surface area (Å²) in [7, 11) is 1.28. The van der Waals surface area contributed by atoms with Crippen LogP contribution in [-0.2, 0) is 17.8 Å². The van der Waals surface area contributed by atoms with Crippen molar-refractivity contribution < 1.29 is 18.7 Å². The number of rotatable bonds is 6. The lowest BCUT2D eigenvalue weighted by atomic mass is 10.1. The monoisotopic (exact) mass is 481 g/mol. The molecule has 2 aromatic heterocycles. The number of carbonyl (C=O) groups excluding carboxylic acids is 2. The van der Waals surface area contributed by atoms with Crippen LogP contribution in [0.4, 0.5) is 4.39 Å². The van der Waals surface area contributed by atoms with E-state index in [4.69, 9.17) is 0 Å². The van der Waals surface area contributed by atoms with Gasteiger partial charge in [-0.25, -0.2) is 14.0 Å². The molecule has 1 N–H and O–H groups in total. The summed E-state index contributed by atoms with van der Waals surface area (Å²) in [5, 5.41) is 2.70. The molecule has 0 atom stereocenters. The van der Waals surface area contributed by atoms with Crippen molar-refractivity contribution in [2.24, 2.45) is 0 Å². The Morgan fingerprint density at radius 1 is 1.09 bits per heavy atom. The molecule has 34 heavy (non-hydrogen) atoms. The van der Waals surface area contributed by atoms with E-state index in [0.29, 0.717) is 27.1 Å². The molecule has 1 amide bonds. The molecule has 4 aromatic rings. The number of methoxy groups -OCH3 is 1. The topological polar surface area (TPSA) is 98.9 Å². The largest absolute Gasteiger partial charge is 0.465 e. The quantitative estimate of drug-likeness (QED) is 0.427. The maximum Gasteiger partial charge on any atom is 0.337 e. The lowest BCUT2D eigenvalue weighted by Crippen LogP contribution is -2.38. The molecule has 4 rings (SSSR count). The number of hydrogen-bond donors (Lipinski definition) is 1. The van der Waals surface area contributed by atoms with Gasteiger partial charge in [-0.2, -0.15) is 0 Å². The Labute approximate surface area is 196 Å². The van der Waals surface area contributed by atoms with Gasteiger partial charge < -0.3 is 10.1 Å². The minimum absolute atomic E-state index is 0.000152. The highest BCUT2D eigenvalue weighted by atomic mass is 32.1. The number of amides is 1. The van der Waals surface area contributed by atoms with Crippen molar-refractivity contribution in [1.29, 1.82) is 0 Å². The average molecular weight is 482 g/mol. The normalized spacial score (nSPS) is 10.9. The molecule has 2 heterocycles. The summed E-state index contributed by atoms with van der Waals surface area (Å²) in [5.41, 5.74) is 0.891. The molecule has 0 saturated heterocycles. The van der Waals surface area contributed by atoms with Gasteiger partial charge in [-0.05, 0) is 42.3 Å². The molecule has 0 spiro atoms. The van der Waals surface area contributed by atoms with Gasteiger partial charge in [-0.1, -0.05) is 24.3 Å². The number of esters is 1. The van der Waals surface area contributed by atoms with Gasteiger partial charge in [-0.3, -0.25) is 18.6 Å². The molecule has 0 unspecified atom stereocenters. The summed E-state index contributed by atoms with van der Waals surface area (Å²) in [5.74, 6) is -1.32. The van der Waals surface area contributed by atoms with E-state index in [1.54, 1.807) is 43.3 Å². The lowest BCUT2D eigenvalue weighted by molar-refractivity contribution is 0.0600. The number of benzene rings is 2. The number of thiazole rings is 1. The number of aromatic nitrogens is 2. The van der Waals surface area contributed by atoms with Gasteiger partial charge in [-0.15, -0.1) is 11.3 Å². The van der Waals surface area contributed by atoms with Crippen LogP contribution in [-0.4, -0.2) is 28.0 Å². The van der Waals surface area contributed by atoms with Crippen molar-refractivity contribution in [3.63, 3.8) is 0 Å². The van der Waals surface area contributed by atoms with E-state index in [0.717, 1.165) is 15.9 Å². The third-order valence-electron chi connectivity index (χ3n) is 5.28. The van der Waals surface area contributed by atoms with E-state index in [9.17, 15) is 23.6 Å². The molecule has 0 aliphatic heterocycles. The second-order valence-corrected chi connectivity index (χ2v) is 8.60. The fraction of sp³-hybridized carbons (Fsp3) is 0.167. The Morgan fingerprint density at radius 3 is 2.50 bits per heavy atom. The van der Waals surface area contributed by atoms with Gasteiger partial charge in [0, 0.05) is 18.3 Å². The average Bonchev–Trinajstić information content (AvgIpc) is 3.30. The molecule has 174 valence electrons. The predicted octanol–water partition coefficient (Wildman–Crippen LogP) is 2.74. The molecule has 8 nitrogen and oxygen atoms in total. The zero-order valence-corrected chi connectivity index (χ0v) is 19.1. The molecule has 0 fully saturated rings. The zero-order valence-electron chi connectivity index (χ0n) is 18.3. The Balaban J connectivity index is 1.62. The first-order valence-corrected chi connectivity index (χ1v) is 11.1. The maximum absolute atomic E-state index is 13.3. The molecular weight excluding hydrogens is 461 g/mol. The molecule has 0 bridgehead atoms. The van der Waals surface area contributed by atoms with Crippen molar-refractivity contribution in [3.8, 4) is 0 Å². The van der Waals surface area contributed by atoms with Crippen LogP contribution in [0.3, 0.4) is 0 Å². The Bertz CT molecular complexity index is 1520. The Kier molecular flexibility index (Phi) is 6.42. The first kappa shape index (κ1) is 23.1. The summed E-state index contributed by atoms with van der Waals surface area (Å²) in [4.78, 5) is 50.8. The summed E-state index contributed by atoms with van der Waals surface area (Å²) in [6.45, 7) is 1.71. The standard InChI is InChI=1S/C24H20FN3O5S/c1-14-21(30)27(12-15-6-8-17(9-7-15)23(31)33-2)24(32)28-13-19(34-22(14)28)20(29)26-11-16-4-3-5-18(25)10-16/h3-10,13H,11-12H2,1-2H3,(H,26,29). The van der Waals surface area contributed by atoms with E-state index in [1.807, 2.05) is 0 Å². The van der Waals surface area contributed by atoms with Crippen molar-refractivity contribution in [2.45, 2.75) is 20.0 Å². The van der Waals surface area contributed by atoms with E-state index in [1.165, 1.54) is 29.8 Å². The van der Waals surface area contributed by atoms with Crippen LogP contribution in [0.25, 0.3) is 4.83 Å². The first-order valence-electron chi connectivity index (χ1n) is 10.2. The fourth-order valence-corrected chi connectivity index (χ4v) is 4.47. The maximum atomic E-state index is 13.3. The van der Waals surface area contributed by atoms with Gasteiger partial charge in [0.25, 0.3) is 11.5 Å². The van der Waals surface area contributed by atoms with Crippen molar-refractivity contribution in [3.05, 3.63) is 109 Å². The number of carbonyl (C=O) groups is 2. The van der Waals surface area contributed by atoms with E-state index < -0.39 is 28.9 Å². The smallest absolute Gasteiger partial charge is 0.337 e. The molecule has 0 saturated carbocycles. The van der Waals surface area contributed by atoms with Gasteiger partial charge in [0.1, 0.15) is 15.5 Å². The van der Waals surface area contributed by atoms with Crippen molar-refractivity contribution >= 4 is 28.0 Å². The SMILES string of the molecule is COC(=O)c1ccc(Cn2c(=O)c(C)c3sc(C(=O)NCc4cccc(F)c4)cn3c2=O)cc1. The van der Waals surface area contributed by atoms with Crippen molar-refractivity contribution in [1.82, 2.24) is 14.3 Å². The molecule has 0 aliphatic carbocycles. The van der Waals surface area contributed by atoms with Crippen LogP contribution in [0, 0.1) is 12.7 Å². The second kappa shape index (κ2) is 9.44. The van der Waals surface area contributed by atoms with Gasteiger partial charge in [0.05, 0.1) is 19.2 Å². The minimum atomic E-state index is -0.580. The van der Waals surface area contributed by atoms with E-state index in [2.05, 4.69) is 10.1 Å². The number of hydrogen-bond acceptors (Lipinski definition) is 6. The highest BCUT2D eigenvalue weighted by molar-refractivity contribution is 7.19. The molecule has 0 radical (unpaired) electrons. The molecule has 2 aromatic carbocycles. The third-order valence-corrected chi connectivity index (χ3v) is 6.48. The highest BCUT2D eigenvalue weighted by Gasteiger charge is 2.18. The second-order valence-electron chi connectivity index (χ2n) is 7.57. The number of ether oxygens (including phenoxy) is 1. The van der Waals surface area contributed by atoms with Gasteiger partial charge >= 0.3 is 11.7 Å². The van der Waals surface area contributed by atoms with Crippen LogP contribution >= 0.6 is 11.3 Å². The minimum Gasteiger partial charge on any atom is -0.465 e. The summed E-state index contributed by atoms with van der Waals surface area (Å²) < 4.78 is 20.4. The summed E-state index contributed by atoms with van der Waals surface area (Å²) >= 11 is 1.03. The van der Waals surface area contributed by atoms with Gasteiger partial charge in [0.2, 0.25) is 0 Å². The third kappa shape index (κ3) is 4.53. The molecule has 10 heteroatoms. The van der Waals surface area contributed by atoms with E-state index >= 15 is 0 Å². The molecule has 0 aliphatic rings. The number of nitrogens with one attached hydrogen (secondary N) is 1. The predicted molar refractivity (Wildman–Crippen MR) is 125 cm³/mol. The summed E-state index contributed by atoms with van der Waals surface area (Å²) in [6.07, 6.45) is 1.40. The fourth-order valence-electron chi connectivity index (χ4n) is 3.47. The lowest BCUT2D eigenvalue weighted by Gasteiger charge is -2.08. The zero-order chi connectivity index (χ0) is 24.4. The Morgan fingerprint density at radius 2 is 1.82 bits per heavy atom. The highest BCUT2D eigenvalue weighted by Crippen LogP contribution is 2.18. The van der Waals surface area contributed by atoms with E-state index in [-0.39, 0.29) is 18.0 Å². The number of aryl methyl sites for hydroxylation is 1. The van der Waals surface area contributed by atoms with Crippen LogP contribution in [0.5, 0.6) is 0 Å². The number of nitrogens with zero attached hydrogens (tertiary/aromatic N) is 2. The van der Waals surface area contributed by atoms with Crippen LogP contribution in [0.2, 0.25) is 0 Å². The van der Waals surface area contributed by atoms with Gasteiger partial charge in [0.15, 0.2) is 0 Å².